The van der Waals surface area contributed by atoms with Crippen molar-refractivity contribution in [3.8, 4) is 0 Å². The molecule has 49 heavy (non-hydrogen) atoms. The van der Waals surface area contributed by atoms with Crippen LogP contribution < -0.4 is 10.4 Å². The van der Waals surface area contributed by atoms with E-state index in [0.29, 0.717) is 22.9 Å². The van der Waals surface area contributed by atoms with Crippen LogP contribution in [0.1, 0.15) is 60.8 Å². The first kappa shape index (κ1) is 35.8. The van der Waals surface area contributed by atoms with E-state index < -0.39 is 24.2 Å². The SMILES string of the molecule is CCC1=CC2=C(C=CC=CC2c2ccc([Si](C)(C)C)c(C)c2)C1[Si](C)(C)C1C(CC)=CC2=C1C=CC=CC2c1ccc([Si](C)(C)C)c(C)c1. The highest BCUT2D eigenvalue weighted by molar-refractivity contribution is 6.89. The first-order chi connectivity index (χ1) is 23.1. The zero-order valence-corrected chi connectivity index (χ0v) is 35.5. The zero-order chi connectivity index (χ0) is 35.5. The number of hydrogen-bond acceptors (Lipinski definition) is 0. The van der Waals surface area contributed by atoms with Gasteiger partial charge in [-0.25, -0.2) is 0 Å². The highest BCUT2D eigenvalue weighted by Crippen LogP contribution is 2.59. The molecule has 4 aliphatic carbocycles. The molecule has 0 bridgehead atoms. The summed E-state index contributed by atoms with van der Waals surface area (Å²) in [7, 11) is -4.80. The number of hydrogen-bond donors (Lipinski definition) is 0. The van der Waals surface area contributed by atoms with Crippen molar-refractivity contribution in [2.45, 2.75) is 116 Å². The van der Waals surface area contributed by atoms with E-state index in [1.165, 1.54) is 33.4 Å². The van der Waals surface area contributed by atoms with Gasteiger partial charge >= 0.3 is 0 Å². The Labute approximate surface area is 301 Å². The molecule has 0 spiro atoms. The van der Waals surface area contributed by atoms with Gasteiger partial charge in [-0.3, -0.25) is 0 Å². The van der Waals surface area contributed by atoms with Gasteiger partial charge in [0.2, 0.25) is 0 Å². The smallest absolute Gasteiger partial charge is 0.0726 e. The molecule has 4 atom stereocenters. The third-order valence-electron chi connectivity index (χ3n) is 11.9. The lowest BCUT2D eigenvalue weighted by molar-refractivity contribution is 0.924. The average Bonchev–Trinajstić information content (AvgIpc) is 3.43. The van der Waals surface area contributed by atoms with Crippen LogP contribution in [0.15, 0.2) is 131 Å². The molecule has 0 fully saturated rings. The van der Waals surface area contributed by atoms with Crippen LogP contribution in [-0.2, 0) is 0 Å². The van der Waals surface area contributed by atoms with Crippen LogP contribution in [-0.4, -0.2) is 24.2 Å². The van der Waals surface area contributed by atoms with Crippen molar-refractivity contribution in [1.29, 1.82) is 0 Å². The van der Waals surface area contributed by atoms with E-state index >= 15 is 0 Å². The molecule has 0 saturated carbocycles. The Hall–Kier alpha value is -2.99. The zero-order valence-electron chi connectivity index (χ0n) is 32.5. The lowest BCUT2D eigenvalue weighted by Crippen LogP contribution is -2.40. The lowest BCUT2D eigenvalue weighted by atomic mass is 9.89. The minimum absolute atomic E-state index is 0.295. The summed E-state index contributed by atoms with van der Waals surface area (Å²) in [4.78, 5) is 0. The molecule has 4 unspecified atom stereocenters. The molecule has 4 aliphatic rings. The molecule has 0 heterocycles. The molecule has 0 N–H and O–H groups in total. The molecule has 256 valence electrons. The summed E-state index contributed by atoms with van der Waals surface area (Å²) >= 11 is 0. The molecule has 0 aromatic heterocycles. The molecular formula is C46H60Si3. The second kappa shape index (κ2) is 13.3. The van der Waals surface area contributed by atoms with E-state index in [4.69, 9.17) is 0 Å². The van der Waals surface area contributed by atoms with Crippen LogP contribution in [0.4, 0.5) is 0 Å². The Bertz CT molecular complexity index is 1760. The fraction of sp³-hybridized carbons (Fsp3) is 0.391. The third-order valence-corrected chi connectivity index (χ3v) is 20.6. The van der Waals surface area contributed by atoms with Crippen molar-refractivity contribution in [3.63, 3.8) is 0 Å². The molecule has 2 aromatic carbocycles. The molecular weight excluding hydrogens is 637 g/mol. The molecule has 0 aliphatic heterocycles. The Morgan fingerprint density at radius 1 is 0.510 bits per heavy atom. The number of rotatable bonds is 8. The lowest BCUT2D eigenvalue weighted by Gasteiger charge is -2.41. The van der Waals surface area contributed by atoms with Crippen molar-refractivity contribution in [3.05, 3.63) is 153 Å². The summed E-state index contributed by atoms with van der Waals surface area (Å²) in [6.45, 7) is 29.7. The first-order valence-corrected chi connectivity index (χ1v) is 29.0. The van der Waals surface area contributed by atoms with Crippen molar-refractivity contribution in [1.82, 2.24) is 0 Å². The Morgan fingerprint density at radius 2 is 0.898 bits per heavy atom. The van der Waals surface area contributed by atoms with E-state index in [1.54, 1.807) is 32.7 Å². The van der Waals surface area contributed by atoms with Crippen LogP contribution >= 0.6 is 0 Å². The van der Waals surface area contributed by atoms with E-state index in [0.717, 1.165) is 12.8 Å². The van der Waals surface area contributed by atoms with Gasteiger partial charge in [0.1, 0.15) is 0 Å². The third kappa shape index (κ3) is 6.52. The fourth-order valence-electron chi connectivity index (χ4n) is 9.83. The predicted molar refractivity (Wildman–Crippen MR) is 226 cm³/mol. The van der Waals surface area contributed by atoms with E-state index in [2.05, 4.69) is 177 Å². The van der Waals surface area contributed by atoms with Crippen molar-refractivity contribution < 1.29 is 0 Å². The second-order valence-corrected chi connectivity index (χ2v) is 32.6. The van der Waals surface area contributed by atoms with Crippen molar-refractivity contribution >= 4 is 34.6 Å². The minimum Gasteiger partial charge on any atom is -0.0726 e. The molecule has 2 aromatic rings. The molecule has 0 nitrogen and oxygen atoms in total. The summed E-state index contributed by atoms with van der Waals surface area (Å²) in [5.41, 5.74) is 16.4. The summed E-state index contributed by atoms with van der Waals surface area (Å²) in [5, 5.41) is 3.17. The largest absolute Gasteiger partial charge is 0.0779 e. The molecule has 0 radical (unpaired) electrons. The number of benzene rings is 2. The van der Waals surface area contributed by atoms with Gasteiger partial charge in [-0.2, -0.15) is 0 Å². The monoisotopic (exact) mass is 696 g/mol. The van der Waals surface area contributed by atoms with Gasteiger partial charge in [0.25, 0.3) is 0 Å². The second-order valence-electron chi connectivity index (χ2n) is 17.7. The number of aryl methyl sites for hydroxylation is 2. The van der Waals surface area contributed by atoms with Crippen LogP contribution in [0.25, 0.3) is 0 Å². The van der Waals surface area contributed by atoms with Gasteiger partial charge in [0.15, 0.2) is 0 Å². The predicted octanol–water partition coefficient (Wildman–Crippen LogP) is 12.3. The normalized spacial score (nSPS) is 23.8. The van der Waals surface area contributed by atoms with Crippen LogP contribution in [0.3, 0.4) is 0 Å². The Kier molecular flexibility index (Phi) is 9.71. The van der Waals surface area contributed by atoms with Crippen molar-refractivity contribution in [2.24, 2.45) is 0 Å². The van der Waals surface area contributed by atoms with Gasteiger partial charge in [0.05, 0.1) is 24.2 Å². The molecule has 6 rings (SSSR count). The van der Waals surface area contributed by atoms with Crippen molar-refractivity contribution in [2.75, 3.05) is 0 Å². The summed E-state index contributed by atoms with van der Waals surface area (Å²) < 4.78 is 0. The minimum atomic E-state index is -2.02. The quantitative estimate of drug-likeness (QED) is 0.241. The van der Waals surface area contributed by atoms with Gasteiger partial charge in [-0.15, -0.1) is 0 Å². The average molecular weight is 697 g/mol. The Balaban J connectivity index is 1.43. The molecule has 0 amide bonds. The number of allylic oxidation sites excluding steroid dienone is 16. The highest BCUT2D eigenvalue weighted by Gasteiger charge is 2.49. The van der Waals surface area contributed by atoms with Gasteiger partial charge in [0, 0.05) is 22.9 Å². The molecule has 0 saturated heterocycles. The topological polar surface area (TPSA) is 0 Å². The molecule has 3 heteroatoms. The summed E-state index contributed by atoms with van der Waals surface area (Å²) in [6, 6.07) is 14.8. The summed E-state index contributed by atoms with van der Waals surface area (Å²) in [5.74, 6) is 0.591. The maximum Gasteiger partial charge on any atom is 0.0779 e. The van der Waals surface area contributed by atoms with Gasteiger partial charge < -0.3 is 0 Å². The van der Waals surface area contributed by atoms with Crippen LogP contribution in [0.2, 0.25) is 63.5 Å². The summed E-state index contributed by atoms with van der Waals surface area (Å²) in [6.07, 6.45) is 26.7. The van der Waals surface area contributed by atoms with E-state index in [1.807, 2.05) is 0 Å². The highest BCUT2D eigenvalue weighted by atomic mass is 28.3. The standard InChI is InChI=1S/C46H60Si3/c1-13-33-29-41-37(35-23-25-43(31(3)27-35)47(5,6)7)19-15-17-21-39(41)45(33)49(11,12)46-34(14-2)30-42-38(20-16-18-22-40(42)46)36-24-26-44(32(4)28-36)48(8,9)10/h15-30,37-38,45-46H,13-14H2,1-12H3. The maximum absolute atomic E-state index is 2.71. The first-order valence-electron chi connectivity index (χ1n) is 18.9. The van der Waals surface area contributed by atoms with Crippen LogP contribution in [0, 0.1) is 13.8 Å². The Morgan fingerprint density at radius 3 is 1.22 bits per heavy atom. The van der Waals surface area contributed by atoms with Gasteiger partial charge in [-0.05, 0) is 60.1 Å². The van der Waals surface area contributed by atoms with Crippen LogP contribution in [0.5, 0.6) is 0 Å². The fourth-order valence-corrected chi connectivity index (χ4v) is 18.5. The van der Waals surface area contributed by atoms with E-state index in [-0.39, 0.29) is 0 Å². The van der Waals surface area contributed by atoms with E-state index in [9.17, 15) is 0 Å². The van der Waals surface area contributed by atoms with Gasteiger partial charge in [-0.1, -0.05) is 196 Å². The maximum atomic E-state index is 2.71.